The van der Waals surface area contributed by atoms with Gasteiger partial charge in [-0.25, -0.2) is 0 Å². The highest BCUT2D eigenvalue weighted by Crippen LogP contribution is 2.29. The Bertz CT molecular complexity index is 448. The second-order valence-corrected chi connectivity index (χ2v) is 4.62. The van der Waals surface area contributed by atoms with Crippen LogP contribution in [0.15, 0.2) is 18.2 Å². The van der Waals surface area contributed by atoms with E-state index in [1.807, 2.05) is 0 Å². The maximum atomic E-state index is 11.4. The van der Waals surface area contributed by atoms with E-state index >= 15 is 0 Å². The fourth-order valence-corrected chi connectivity index (χ4v) is 1.24. The van der Waals surface area contributed by atoms with Crippen LogP contribution >= 0.6 is 15.9 Å². The molecule has 1 rings (SSSR count). The SMILES string of the molecule is COc1ccc(NC(=O)C(C)Br)c([N+](=O)[O-])c1. The molecule has 1 N–H and O–H groups in total. The third kappa shape index (κ3) is 3.42. The summed E-state index contributed by atoms with van der Waals surface area (Å²) in [5.41, 5.74) is -0.0575. The molecule has 0 aliphatic rings. The minimum atomic E-state index is -0.572. The molecule has 17 heavy (non-hydrogen) atoms. The number of carbonyl (C=O) groups excluding carboxylic acids is 1. The summed E-state index contributed by atoms with van der Waals surface area (Å²) < 4.78 is 4.89. The lowest BCUT2D eigenvalue weighted by Crippen LogP contribution is -2.20. The lowest BCUT2D eigenvalue weighted by Gasteiger charge is -2.08. The molecule has 1 aromatic carbocycles. The first-order valence-electron chi connectivity index (χ1n) is 4.73. The molecular weight excluding hydrogens is 292 g/mol. The largest absolute Gasteiger partial charge is 0.496 e. The number of benzene rings is 1. The number of hydrogen-bond acceptors (Lipinski definition) is 4. The second kappa shape index (κ2) is 5.62. The monoisotopic (exact) mass is 302 g/mol. The molecule has 0 saturated heterocycles. The number of ether oxygens (including phenoxy) is 1. The van der Waals surface area contributed by atoms with Gasteiger partial charge in [0.2, 0.25) is 5.91 Å². The first-order chi connectivity index (χ1) is 7.95. The molecule has 7 heteroatoms. The maximum absolute atomic E-state index is 11.4. The minimum Gasteiger partial charge on any atom is -0.496 e. The van der Waals surface area contributed by atoms with Crippen molar-refractivity contribution in [2.45, 2.75) is 11.8 Å². The molecule has 0 radical (unpaired) electrons. The van der Waals surface area contributed by atoms with E-state index in [0.29, 0.717) is 5.75 Å². The Kier molecular flexibility index (Phi) is 4.45. The van der Waals surface area contributed by atoms with Gasteiger partial charge in [0.15, 0.2) is 0 Å². The van der Waals surface area contributed by atoms with E-state index in [4.69, 9.17) is 4.74 Å². The van der Waals surface area contributed by atoms with Crippen molar-refractivity contribution in [2.75, 3.05) is 12.4 Å². The normalized spacial score (nSPS) is 11.7. The summed E-state index contributed by atoms with van der Waals surface area (Å²) in [4.78, 5) is 21.3. The van der Waals surface area contributed by atoms with Crippen LogP contribution in [0.5, 0.6) is 5.75 Å². The number of rotatable bonds is 4. The minimum absolute atomic E-state index is 0.145. The van der Waals surface area contributed by atoms with Crippen LogP contribution in [-0.2, 0) is 4.79 Å². The summed E-state index contributed by atoms with van der Waals surface area (Å²) >= 11 is 3.08. The van der Waals surface area contributed by atoms with Crippen molar-refractivity contribution in [3.63, 3.8) is 0 Å². The summed E-state index contributed by atoms with van der Waals surface area (Å²) in [6.07, 6.45) is 0. The Morgan fingerprint density at radius 1 is 1.59 bits per heavy atom. The molecule has 1 aromatic rings. The fraction of sp³-hybridized carbons (Fsp3) is 0.300. The van der Waals surface area contributed by atoms with E-state index in [1.54, 1.807) is 13.0 Å². The third-order valence-electron chi connectivity index (χ3n) is 2.02. The average molecular weight is 303 g/mol. The molecule has 1 amide bonds. The number of anilines is 1. The molecule has 0 saturated carbocycles. The number of amides is 1. The highest BCUT2D eigenvalue weighted by Gasteiger charge is 2.18. The van der Waals surface area contributed by atoms with Gasteiger partial charge in [-0.3, -0.25) is 14.9 Å². The van der Waals surface area contributed by atoms with Gasteiger partial charge in [-0.1, -0.05) is 15.9 Å². The highest BCUT2D eigenvalue weighted by atomic mass is 79.9. The van der Waals surface area contributed by atoms with Crippen molar-refractivity contribution in [3.05, 3.63) is 28.3 Å². The molecule has 0 aliphatic carbocycles. The second-order valence-electron chi connectivity index (χ2n) is 3.25. The van der Waals surface area contributed by atoms with E-state index in [9.17, 15) is 14.9 Å². The molecule has 0 aliphatic heterocycles. The molecule has 0 spiro atoms. The number of nitro benzene ring substituents is 1. The van der Waals surface area contributed by atoms with Gasteiger partial charge in [0.1, 0.15) is 11.4 Å². The van der Waals surface area contributed by atoms with Crippen LogP contribution in [0.1, 0.15) is 6.92 Å². The Morgan fingerprint density at radius 3 is 2.71 bits per heavy atom. The highest BCUT2D eigenvalue weighted by molar-refractivity contribution is 9.10. The summed E-state index contributed by atoms with van der Waals surface area (Å²) in [5, 5.41) is 13.3. The smallest absolute Gasteiger partial charge is 0.296 e. The fourth-order valence-electron chi connectivity index (χ4n) is 1.13. The van der Waals surface area contributed by atoms with Gasteiger partial charge >= 0.3 is 0 Å². The molecule has 0 bridgehead atoms. The topological polar surface area (TPSA) is 81.5 Å². The van der Waals surface area contributed by atoms with Gasteiger partial charge in [-0.05, 0) is 19.1 Å². The van der Waals surface area contributed by atoms with E-state index < -0.39 is 9.75 Å². The van der Waals surface area contributed by atoms with Crippen molar-refractivity contribution in [1.29, 1.82) is 0 Å². The molecule has 0 fully saturated rings. The Labute approximate surface area is 106 Å². The van der Waals surface area contributed by atoms with E-state index in [-0.39, 0.29) is 17.3 Å². The standard InChI is InChI=1S/C10H11BrN2O4/c1-6(11)10(14)12-8-4-3-7(17-2)5-9(8)13(15)16/h3-6H,1-2H3,(H,12,14). The van der Waals surface area contributed by atoms with Crippen LogP contribution in [0.4, 0.5) is 11.4 Å². The first-order valence-corrected chi connectivity index (χ1v) is 5.64. The van der Waals surface area contributed by atoms with Gasteiger partial charge in [0.05, 0.1) is 22.9 Å². The van der Waals surface area contributed by atoms with Crippen molar-refractivity contribution in [3.8, 4) is 5.75 Å². The number of alkyl halides is 1. The van der Waals surface area contributed by atoms with Crippen LogP contribution in [0.2, 0.25) is 0 Å². The number of halogens is 1. The van der Waals surface area contributed by atoms with Gasteiger partial charge < -0.3 is 10.1 Å². The maximum Gasteiger partial charge on any atom is 0.296 e. The predicted molar refractivity (Wildman–Crippen MR) is 66.7 cm³/mol. The van der Waals surface area contributed by atoms with Crippen molar-refractivity contribution >= 4 is 33.2 Å². The average Bonchev–Trinajstić information content (AvgIpc) is 2.29. The quantitative estimate of drug-likeness (QED) is 0.526. The van der Waals surface area contributed by atoms with Gasteiger partial charge in [-0.2, -0.15) is 0 Å². The molecule has 0 aromatic heterocycles. The van der Waals surface area contributed by atoms with E-state index in [1.165, 1.54) is 19.2 Å². The zero-order valence-electron chi connectivity index (χ0n) is 9.27. The zero-order chi connectivity index (χ0) is 13.0. The van der Waals surface area contributed by atoms with Crippen LogP contribution in [0.25, 0.3) is 0 Å². The number of nitrogens with one attached hydrogen (secondary N) is 1. The van der Waals surface area contributed by atoms with Crippen molar-refractivity contribution in [1.82, 2.24) is 0 Å². The number of carbonyl (C=O) groups is 1. The lowest BCUT2D eigenvalue weighted by molar-refractivity contribution is -0.384. The van der Waals surface area contributed by atoms with Crippen molar-refractivity contribution in [2.24, 2.45) is 0 Å². The summed E-state index contributed by atoms with van der Waals surface area (Å²) in [5.74, 6) is 0.0138. The Morgan fingerprint density at radius 2 is 2.24 bits per heavy atom. The molecular formula is C10H11BrN2O4. The van der Waals surface area contributed by atoms with E-state index in [2.05, 4.69) is 21.2 Å². The summed E-state index contributed by atoms with van der Waals surface area (Å²) in [7, 11) is 1.41. The predicted octanol–water partition coefficient (Wildman–Crippen LogP) is 2.33. The Hall–Kier alpha value is -1.63. The number of nitro groups is 1. The number of hydrogen-bond donors (Lipinski definition) is 1. The summed E-state index contributed by atoms with van der Waals surface area (Å²) in [6, 6.07) is 4.24. The molecule has 92 valence electrons. The van der Waals surface area contributed by atoms with Crippen LogP contribution in [-0.4, -0.2) is 22.8 Å². The number of methoxy groups -OCH3 is 1. The molecule has 0 heterocycles. The zero-order valence-corrected chi connectivity index (χ0v) is 10.9. The lowest BCUT2D eigenvalue weighted by atomic mass is 10.2. The van der Waals surface area contributed by atoms with Gasteiger partial charge in [0.25, 0.3) is 5.69 Å². The molecule has 1 unspecified atom stereocenters. The summed E-state index contributed by atoms with van der Waals surface area (Å²) in [6.45, 7) is 1.63. The molecule has 1 atom stereocenters. The number of nitrogens with zero attached hydrogens (tertiary/aromatic N) is 1. The van der Waals surface area contributed by atoms with E-state index in [0.717, 1.165) is 0 Å². The molecule has 6 nitrogen and oxygen atoms in total. The van der Waals surface area contributed by atoms with Gasteiger partial charge in [-0.15, -0.1) is 0 Å². The first kappa shape index (κ1) is 13.4. The van der Waals surface area contributed by atoms with Crippen LogP contribution < -0.4 is 10.1 Å². The van der Waals surface area contributed by atoms with Crippen LogP contribution in [0, 0.1) is 10.1 Å². The Balaban J connectivity index is 3.06. The van der Waals surface area contributed by atoms with Gasteiger partial charge in [0, 0.05) is 0 Å². The van der Waals surface area contributed by atoms with Crippen LogP contribution in [0.3, 0.4) is 0 Å². The third-order valence-corrected chi connectivity index (χ3v) is 2.44. The van der Waals surface area contributed by atoms with Crippen molar-refractivity contribution < 1.29 is 14.5 Å².